The van der Waals surface area contributed by atoms with Crippen molar-refractivity contribution < 1.29 is 9.21 Å². The van der Waals surface area contributed by atoms with E-state index in [0.717, 1.165) is 57.6 Å². The maximum absolute atomic E-state index is 13.4. The average molecular weight is 531 g/mol. The van der Waals surface area contributed by atoms with Crippen molar-refractivity contribution in [1.82, 2.24) is 15.2 Å². The van der Waals surface area contributed by atoms with E-state index in [1.54, 1.807) is 0 Å². The summed E-state index contributed by atoms with van der Waals surface area (Å²) < 4.78 is 6.34. The molecule has 6 heteroatoms. The highest BCUT2D eigenvalue weighted by Crippen LogP contribution is 2.35. The van der Waals surface area contributed by atoms with E-state index in [9.17, 15) is 4.79 Å². The first-order chi connectivity index (χ1) is 19.4. The second kappa shape index (κ2) is 11.1. The van der Waals surface area contributed by atoms with E-state index in [2.05, 4.69) is 71.5 Å². The van der Waals surface area contributed by atoms with Gasteiger partial charge in [-0.25, -0.2) is 0 Å². The van der Waals surface area contributed by atoms with Crippen molar-refractivity contribution in [2.24, 2.45) is 5.73 Å². The number of aromatic nitrogens is 1. The van der Waals surface area contributed by atoms with Crippen molar-refractivity contribution in [3.63, 3.8) is 0 Å². The summed E-state index contributed by atoms with van der Waals surface area (Å²) in [7, 11) is 0. The van der Waals surface area contributed by atoms with Gasteiger partial charge in [0.15, 0.2) is 0 Å². The summed E-state index contributed by atoms with van der Waals surface area (Å²) in [5.74, 6) is 0.842. The zero-order chi connectivity index (χ0) is 27.6. The maximum Gasteiger partial charge on any atom is 0.225 e. The summed E-state index contributed by atoms with van der Waals surface area (Å²) in [6, 6.07) is 28.6. The van der Waals surface area contributed by atoms with E-state index < -0.39 is 0 Å². The summed E-state index contributed by atoms with van der Waals surface area (Å²) in [6.45, 7) is 5.82. The van der Waals surface area contributed by atoms with Crippen LogP contribution in [0.25, 0.3) is 11.0 Å². The Hall–Kier alpha value is -4.26. The molecule has 3 N–H and O–H groups in total. The lowest BCUT2D eigenvalue weighted by molar-refractivity contribution is -0.120. The van der Waals surface area contributed by atoms with Crippen molar-refractivity contribution in [3.8, 4) is 0 Å². The maximum atomic E-state index is 13.4. The van der Waals surface area contributed by atoms with Crippen LogP contribution in [0.3, 0.4) is 0 Å². The van der Waals surface area contributed by atoms with Gasteiger partial charge in [-0.3, -0.25) is 14.7 Å². The zero-order valence-corrected chi connectivity index (χ0v) is 22.9. The van der Waals surface area contributed by atoms with Crippen molar-refractivity contribution >= 4 is 16.9 Å². The van der Waals surface area contributed by atoms with Crippen LogP contribution in [0.2, 0.25) is 0 Å². The molecular formula is C34H34N4O2. The highest BCUT2D eigenvalue weighted by molar-refractivity contribution is 5.83. The number of aryl methyl sites for hydroxylation is 2. The highest BCUT2D eigenvalue weighted by atomic mass is 16.3. The molecule has 0 unspecified atom stereocenters. The molecule has 5 aromatic rings. The number of amides is 1. The third-order valence-corrected chi connectivity index (χ3v) is 7.73. The Morgan fingerprint density at radius 3 is 2.48 bits per heavy atom. The van der Waals surface area contributed by atoms with Crippen LogP contribution in [-0.2, 0) is 11.2 Å². The largest absolute Gasteiger partial charge is 0.459 e. The van der Waals surface area contributed by atoms with Crippen molar-refractivity contribution in [3.05, 3.63) is 136 Å². The monoisotopic (exact) mass is 530 g/mol. The van der Waals surface area contributed by atoms with Crippen LogP contribution in [0.15, 0.2) is 102 Å². The van der Waals surface area contributed by atoms with E-state index in [-0.39, 0.29) is 30.5 Å². The molecule has 1 amide bonds. The summed E-state index contributed by atoms with van der Waals surface area (Å²) >= 11 is 0. The van der Waals surface area contributed by atoms with Crippen LogP contribution in [0.1, 0.15) is 51.2 Å². The predicted octanol–water partition coefficient (Wildman–Crippen LogP) is 5.63. The number of carbonyl (C=O) groups excluding carboxylic acids is 1. The molecule has 1 aliphatic heterocycles. The molecule has 0 aliphatic carbocycles. The first-order valence-electron chi connectivity index (χ1n) is 13.8. The average Bonchev–Trinajstić information content (AvgIpc) is 3.35. The minimum Gasteiger partial charge on any atom is -0.459 e. The molecular weight excluding hydrogens is 496 g/mol. The topological polar surface area (TPSA) is 84.4 Å². The number of nitrogens with zero attached hydrogens (tertiary/aromatic N) is 2. The standard InChI is InChI=1S/C34H34N4O2/c1-22-8-10-29(23(2)16-22)33(25-6-4-3-5-7-25)37-32(39)18-24-9-11-30-27(17-24)19-31(40-30)34(38-20-28(35)21-38)26-12-14-36-15-13-26/h3-17,19,28,33-34H,18,20-21,35H2,1-2H3,(H,37,39)/t33-,34-/m0/s1. The van der Waals surface area contributed by atoms with Gasteiger partial charge in [0.05, 0.1) is 18.5 Å². The number of rotatable bonds is 8. The minimum absolute atomic E-state index is 0.0219. The first kappa shape index (κ1) is 26.0. The van der Waals surface area contributed by atoms with E-state index >= 15 is 0 Å². The summed E-state index contributed by atoms with van der Waals surface area (Å²) in [4.78, 5) is 19.9. The number of fused-ring (bicyclic) bond motifs is 1. The number of likely N-dealkylation sites (tertiary alicyclic amines) is 1. The van der Waals surface area contributed by atoms with Gasteiger partial charge in [0.2, 0.25) is 5.91 Å². The molecule has 6 rings (SSSR count). The molecule has 0 radical (unpaired) electrons. The molecule has 6 nitrogen and oxygen atoms in total. The lowest BCUT2D eigenvalue weighted by Gasteiger charge is -2.42. The van der Waals surface area contributed by atoms with E-state index in [1.165, 1.54) is 5.56 Å². The summed E-state index contributed by atoms with van der Waals surface area (Å²) in [6.07, 6.45) is 3.89. The lowest BCUT2D eigenvalue weighted by Crippen LogP contribution is -2.56. The fourth-order valence-corrected chi connectivity index (χ4v) is 5.75. The van der Waals surface area contributed by atoms with Crippen molar-refractivity contribution in [2.75, 3.05) is 13.1 Å². The second-order valence-corrected chi connectivity index (χ2v) is 10.9. The van der Waals surface area contributed by atoms with Crippen LogP contribution in [0.4, 0.5) is 0 Å². The Kier molecular flexibility index (Phi) is 7.20. The quantitative estimate of drug-likeness (QED) is 0.272. The van der Waals surface area contributed by atoms with Gasteiger partial charge in [-0.2, -0.15) is 0 Å². The normalized spacial score (nSPS) is 15.5. The number of hydrogen-bond acceptors (Lipinski definition) is 5. The van der Waals surface area contributed by atoms with Crippen molar-refractivity contribution in [1.29, 1.82) is 0 Å². The Morgan fingerprint density at radius 2 is 1.75 bits per heavy atom. The summed E-state index contributed by atoms with van der Waals surface area (Å²) in [5.41, 5.74) is 13.5. The molecule has 0 saturated carbocycles. The van der Waals surface area contributed by atoms with Crippen LogP contribution in [0, 0.1) is 13.8 Å². The smallest absolute Gasteiger partial charge is 0.225 e. The molecule has 40 heavy (non-hydrogen) atoms. The first-order valence-corrected chi connectivity index (χ1v) is 13.8. The molecule has 1 aliphatic rings. The molecule has 1 fully saturated rings. The van der Waals surface area contributed by atoms with E-state index in [1.807, 2.05) is 54.9 Å². The minimum atomic E-state index is -0.220. The number of benzene rings is 3. The predicted molar refractivity (Wildman–Crippen MR) is 158 cm³/mol. The number of hydrogen-bond donors (Lipinski definition) is 2. The van der Waals surface area contributed by atoms with Gasteiger partial charge in [0, 0.05) is 36.9 Å². The summed E-state index contributed by atoms with van der Waals surface area (Å²) in [5, 5.41) is 4.28. The fraction of sp³-hybridized carbons (Fsp3) is 0.235. The molecule has 3 aromatic carbocycles. The SMILES string of the molecule is Cc1ccc([C@@H](NC(=O)Cc2ccc3oc([C@H](c4ccncc4)N4CC(N)C4)cc3c2)c2ccccc2)c(C)c1. The molecule has 1 saturated heterocycles. The van der Waals surface area contributed by atoms with E-state index in [4.69, 9.17) is 10.2 Å². The van der Waals surface area contributed by atoms with Gasteiger partial charge in [-0.15, -0.1) is 0 Å². The zero-order valence-electron chi connectivity index (χ0n) is 22.9. The number of furan rings is 1. The van der Waals surface area contributed by atoms with Gasteiger partial charge in [-0.1, -0.05) is 60.2 Å². The molecule has 2 aromatic heterocycles. The molecule has 3 heterocycles. The second-order valence-electron chi connectivity index (χ2n) is 10.9. The van der Waals surface area contributed by atoms with Crippen LogP contribution in [0.5, 0.6) is 0 Å². The van der Waals surface area contributed by atoms with Crippen molar-refractivity contribution in [2.45, 2.75) is 38.4 Å². The van der Waals surface area contributed by atoms with Gasteiger partial charge < -0.3 is 15.5 Å². The number of pyridine rings is 1. The number of nitrogens with one attached hydrogen (secondary N) is 1. The Morgan fingerprint density at radius 1 is 0.975 bits per heavy atom. The molecule has 2 atom stereocenters. The third-order valence-electron chi connectivity index (χ3n) is 7.73. The molecule has 0 bridgehead atoms. The van der Waals surface area contributed by atoms with E-state index in [0.29, 0.717) is 0 Å². The lowest BCUT2D eigenvalue weighted by atomic mass is 9.93. The molecule has 202 valence electrons. The third kappa shape index (κ3) is 5.41. The van der Waals surface area contributed by atoms with Crippen LogP contribution in [-0.4, -0.2) is 34.9 Å². The Labute approximate surface area is 234 Å². The van der Waals surface area contributed by atoms with Gasteiger partial charge in [0.25, 0.3) is 0 Å². The Balaban J connectivity index is 1.24. The number of carbonyl (C=O) groups is 1. The van der Waals surface area contributed by atoms with Crippen LogP contribution < -0.4 is 11.1 Å². The highest BCUT2D eigenvalue weighted by Gasteiger charge is 2.34. The van der Waals surface area contributed by atoms with Gasteiger partial charge in [-0.05, 0) is 72.0 Å². The fourth-order valence-electron chi connectivity index (χ4n) is 5.75. The number of nitrogens with two attached hydrogens (primary N) is 1. The Bertz CT molecular complexity index is 1620. The van der Waals surface area contributed by atoms with Gasteiger partial charge >= 0.3 is 0 Å². The van der Waals surface area contributed by atoms with Crippen LogP contribution >= 0.6 is 0 Å². The van der Waals surface area contributed by atoms with Gasteiger partial charge in [0.1, 0.15) is 11.3 Å². The molecule has 0 spiro atoms.